The van der Waals surface area contributed by atoms with E-state index in [0.29, 0.717) is 18.0 Å². The summed E-state index contributed by atoms with van der Waals surface area (Å²) in [6.45, 7) is 0.546. The molecule has 0 aliphatic rings. The highest BCUT2D eigenvalue weighted by molar-refractivity contribution is 9.10. The highest BCUT2D eigenvalue weighted by Gasteiger charge is 2.21. The molecule has 10 nitrogen and oxygen atoms in total. The van der Waals surface area contributed by atoms with E-state index in [2.05, 4.69) is 40.9 Å². The maximum Gasteiger partial charge on any atom is 0.208 e. The number of anilines is 2. The number of amidine groups is 1. The van der Waals surface area contributed by atoms with Gasteiger partial charge in [-0.25, -0.2) is 27.2 Å². The Kier molecular flexibility index (Phi) is 6.63. The van der Waals surface area contributed by atoms with Crippen molar-refractivity contribution < 1.29 is 22.6 Å². The van der Waals surface area contributed by atoms with E-state index >= 15 is 0 Å². The van der Waals surface area contributed by atoms with Crippen molar-refractivity contribution >= 4 is 43.3 Å². The van der Waals surface area contributed by atoms with Gasteiger partial charge in [-0.2, -0.15) is 0 Å². The molecule has 4 N–H and O–H groups in total. The van der Waals surface area contributed by atoms with Crippen LogP contribution in [-0.4, -0.2) is 49.1 Å². The first-order valence-corrected chi connectivity index (χ1v) is 9.91. The van der Waals surface area contributed by atoms with Crippen LogP contribution in [0.3, 0.4) is 0 Å². The van der Waals surface area contributed by atoms with Crippen molar-refractivity contribution in [3.63, 3.8) is 0 Å². The monoisotopic (exact) mass is 450 g/mol. The van der Waals surface area contributed by atoms with E-state index in [4.69, 9.17) is 5.41 Å². The van der Waals surface area contributed by atoms with Gasteiger partial charge in [-0.3, -0.25) is 10.6 Å². The number of sulfonamides is 1. The van der Waals surface area contributed by atoms with Gasteiger partial charge in [0.05, 0.1) is 16.4 Å². The lowest BCUT2D eigenvalue weighted by Gasteiger charge is -2.16. The Morgan fingerprint density at radius 3 is 2.81 bits per heavy atom. The molecule has 142 valence electrons. The fourth-order valence-corrected chi connectivity index (χ4v) is 2.74. The van der Waals surface area contributed by atoms with Crippen LogP contribution in [0.2, 0.25) is 0 Å². The quantitative estimate of drug-likeness (QED) is 0.205. The van der Waals surface area contributed by atoms with Crippen molar-refractivity contribution in [1.82, 2.24) is 15.0 Å². The fourth-order valence-electron chi connectivity index (χ4n) is 1.86. The van der Waals surface area contributed by atoms with E-state index < -0.39 is 21.7 Å². The first kappa shape index (κ1) is 20.2. The van der Waals surface area contributed by atoms with Crippen molar-refractivity contribution in [3.8, 4) is 0 Å². The lowest BCUT2D eigenvalue weighted by Crippen LogP contribution is -2.28. The minimum Gasteiger partial charge on any atom is -0.365 e. The highest BCUT2D eigenvalue weighted by atomic mass is 79.9. The Morgan fingerprint density at radius 1 is 1.42 bits per heavy atom. The predicted octanol–water partition coefficient (Wildman–Crippen LogP) is 1.54. The van der Waals surface area contributed by atoms with Gasteiger partial charge in [0, 0.05) is 13.1 Å². The summed E-state index contributed by atoms with van der Waals surface area (Å²) < 4.78 is 42.3. The topological polar surface area (TPSA) is 144 Å². The van der Waals surface area contributed by atoms with Gasteiger partial charge >= 0.3 is 0 Å². The third-order valence-electron chi connectivity index (χ3n) is 3.08. The zero-order valence-electron chi connectivity index (χ0n) is 13.5. The number of hydroxylamine groups is 1. The summed E-state index contributed by atoms with van der Waals surface area (Å²) in [4.78, 5) is 0. The minimum absolute atomic E-state index is 0.0657. The SMILES string of the molecule is CS(=O)(=O)NCCCNc1nonc1C(=N)N(O)c1ccc(F)c(Br)c1. The average molecular weight is 451 g/mol. The van der Waals surface area contributed by atoms with E-state index in [9.17, 15) is 18.0 Å². The highest BCUT2D eigenvalue weighted by Crippen LogP contribution is 2.24. The van der Waals surface area contributed by atoms with Crippen LogP contribution in [0.15, 0.2) is 27.3 Å². The molecule has 0 radical (unpaired) electrons. The summed E-state index contributed by atoms with van der Waals surface area (Å²) >= 11 is 3.00. The second-order valence-electron chi connectivity index (χ2n) is 5.17. The molecule has 1 aromatic heterocycles. The number of benzene rings is 1. The van der Waals surface area contributed by atoms with E-state index in [1.54, 1.807) is 0 Å². The lowest BCUT2D eigenvalue weighted by molar-refractivity contribution is 0.300. The smallest absolute Gasteiger partial charge is 0.208 e. The maximum atomic E-state index is 13.3. The van der Waals surface area contributed by atoms with Crippen molar-refractivity contribution in [3.05, 3.63) is 34.2 Å². The van der Waals surface area contributed by atoms with Gasteiger partial charge in [0.15, 0.2) is 11.5 Å². The zero-order valence-corrected chi connectivity index (χ0v) is 15.9. The maximum absolute atomic E-state index is 13.3. The van der Waals surface area contributed by atoms with E-state index in [-0.39, 0.29) is 28.2 Å². The van der Waals surface area contributed by atoms with E-state index in [1.807, 2.05) is 0 Å². The first-order chi connectivity index (χ1) is 12.2. The number of rotatable bonds is 8. The van der Waals surface area contributed by atoms with Gasteiger partial charge < -0.3 is 5.32 Å². The number of hydrogen-bond donors (Lipinski definition) is 4. The molecule has 0 atom stereocenters. The van der Waals surface area contributed by atoms with Crippen molar-refractivity contribution in [2.75, 3.05) is 29.7 Å². The second-order valence-corrected chi connectivity index (χ2v) is 7.85. The molecule has 1 aromatic carbocycles. The van der Waals surface area contributed by atoms with Crippen LogP contribution >= 0.6 is 15.9 Å². The van der Waals surface area contributed by atoms with Gasteiger partial charge in [0.1, 0.15) is 5.82 Å². The zero-order chi connectivity index (χ0) is 19.3. The molecule has 0 bridgehead atoms. The third kappa shape index (κ3) is 5.45. The molecular formula is C13H16BrFN6O4S. The minimum atomic E-state index is -3.26. The van der Waals surface area contributed by atoms with Crippen LogP contribution in [-0.2, 0) is 10.0 Å². The summed E-state index contributed by atoms with van der Waals surface area (Å²) in [5.41, 5.74) is 0.0681. The summed E-state index contributed by atoms with van der Waals surface area (Å²) in [6, 6.07) is 3.71. The van der Waals surface area contributed by atoms with Gasteiger partial charge in [0.2, 0.25) is 15.8 Å². The van der Waals surface area contributed by atoms with Crippen LogP contribution in [0.25, 0.3) is 0 Å². The van der Waals surface area contributed by atoms with Crippen molar-refractivity contribution in [2.24, 2.45) is 0 Å². The molecule has 0 saturated heterocycles. The Hall–Kier alpha value is -2.09. The Balaban J connectivity index is 1.99. The van der Waals surface area contributed by atoms with E-state index in [0.717, 1.165) is 12.3 Å². The van der Waals surface area contributed by atoms with Gasteiger partial charge in [-0.1, -0.05) is 0 Å². The number of halogens is 2. The van der Waals surface area contributed by atoms with Crippen LogP contribution in [0.1, 0.15) is 12.1 Å². The largest absolute Gasteiger partial charge is 0.365 e. The molecule has 0 saturated carbocycles. The molecule has 0 unspecified atom stereocenters. The number of hydrogen-bond acceptors (Lipinski definition) is 8. The van der Waals surface area contributed by atoms with Crippen LogP contribution in [0.4, 0.5) is 15.9 Å². The number of nitrogens with one attached hydrogen (secondary N) is 3. The molecule has 0 aliphatic heterocycles. The van der Waals surface area contributed by atoms with Crippen LogP contribution < -0.4 is 15.1 Å². The number of nitrogens with zero attached hydrogens (tertiary/aromatic N) is 3. The van der Waals surface area contributed by atoms with Gasteiger partial charge in [-0.15, -0.1) is 0 Å². The van der Waals surface area contributed by atoms with Gasteiger partial charge in [-0.05, 0) is 50.9 Å². The summed E-state index contributed by atoms with van der Waals surface area (Å²) in [5.74, 6) is -0.849. The van der Waals surface area contributed by atoms with E-state index in [1.165, 1.54) is 12.1 Å². The molecule has 2 rings (SSSR count). The van der Waals surface area contributed by atoms with Crippen LogP contribution in [0.5, 0.6) is 0 Å². The average Bonchev–Trinajstić information content (AvgIpc) is 3.03. The molecule has 0 aliphatic carbocycles. The first-order valence-electron chi connectivity index (χ1n) is 7.23. The van der Waals surface area contributed by atoms with Crippen LogP contribution in [0, 0.1) is 11.2 Å². The molecule has 0 fully saturated rings. The third-order valence-corrected chi connectivity index (χ3v) is 4.42. The fraction of sp³-hybridized carbons (Fsp3) is 0.308. The summed E-state index contributed by atoms with van der Waals surface area (Å²) in [5, 5.41) is 28.7. The summed E-state index contributed by atoms with van der Waals surface area (Å²) in [7, 11) is -3.26. The molecule has 13 heteroatoms. The van der Waals surface area contributed by atoms with Crippen molar-refractivity contribution in [1.29, 1.82) is 5.41 Å². The molecule has 0 spiro atoms. The lowest BCUT2D eigenvalue weighted by atomic mass is 10.3. The van der Waals surface area contributed by atoms with Gasteiger partial charge in [0.25, 0.3) is 0 Å². The number of aromatic nitrogens is 2. The Labute approximate surface area is 157 Å². The molecular weight excluding hydrogens is 435 g/mol. The van der Waals surface area contributed by atoms with Crippen molar-refractivity contribution in [2.45, 2.75) is 6.42 Å². The Morgan fingerprint density at radius 2 is 2.15 bits per heavy atom. The molecule has 2 aromatic rings. The normalized spacial score (nSPS) is 11.4. The second kappa shape index (κ2) is 8.53. The summed E-state index contributed by atoms with van der Waals surface area (Å²) in [6.07, 6.45) is 1.51. The molecule has 1 heterocycles. The Bertz CT molecular complexity index is 891. The predicted molar refractivity (Wildman–Crippen MR) is 95.4 cm³/mol. The standard InChI is InChI=1S/C13H16BrFN6O4S/c1-26(23,24)18-6-2-5-17-13-11(19-25-20-13)12(16)21(22)8-3-4-10(15)9(14)7-8/h3-4,7,16,18,22H,2,5-6H2,1H3,(H,17,20). The molecule has 0 amide bonds. The molecule has 26 heavy (non-hydrogen) atoms.